The molecule has 3 aliphatic heterocycles. The second kappa shape index (κ2) is 9.34. The van der Waals surface area contributed by atoms with Crippen molar-refractivity contribution >= 4 is 11.8 Å². The number of hydrogen-bond donors (Lipinski definition) is 1. The zero-order valence-corrected chi connectivity index (χ0v) is 18.1. The van der Waals surface area contributed by atoms with E-state index in [4.69, 9.17) is 5.73 Å². The zero-order chi connectivity index (χ0) is 20.3. The number of nitrogens with two attached hydrogens (primary N) is 1. The molecule has 0 bridgehead atoms. The third-order valence-corrected chi connectivity index (χ3v) is 8.05. The molecule has 29 heavy (non-hydrogen) atoms. The Bertz CT molecular complexity index is 583. The summed E-state index contributed by atoms with van der Waals surface area (Å²) in [6, 6.07) is 0. The lowest BCUT2D eigenvalue weighted by molar-refractivity contribution is -0.136. The quantitative estimate of drug-likeness (QED) is 0.762. The highest BCUT2D eigenvalue weighted by Gasteiger charge is 2.44. The van der Waals surface area contributed by atoms with Crippen LogP contribution in [0.3, 0.4) is 0 Å². The molecule has 1 saturated carbocycles. The Morgan fingerprint density at radius 3 is 2.31 bits per heavy atom. The van der Waals surface area contributed by atoms with Crippen LogP contribution >= 0.6 is 0 Å². The maximum absolute atomic E-state index is 13.2. The molecule has 0 unspecified atom stereocenters. The lowest BCUT2D eigenvalue weighted by atomic mass is 9.78. The number of amides is 2. The van der Waals surface area contributed by atoms with E-state index in [-0.39, 0.29) is 11.8 Å². The molecular weight excluding hydrogens is 364 g/mol. The first-order valence-electron chi connectivity index (χ1n) is 12.0. The van der Waals surface area contributed by atoms with Crippen LogP contribution in [-0.2, 0) is 9.59 Å². The summed E-state index contributed by atoms with van der Waals surface area (Å²) < 4.78 is 0. The van der Waals surface area contributed by atoms with Crippen LogP contribution in [-0.4, -0.2) is 78.9 Å². The highest BCUT2D eigenvalue weighted by atomic mass is 16.2. The van der Waals surface area contributed by atoms with E-state index in [1.165, 1.54) is 71.0 Å². The van der Waals surface area contributed by atoms with Crippen molar-refractivity contribution in [2.75, 3.05) is 52.4 Å². The van der Waals surface area contributed by atoms with Crippen LogP contribution in [0.5, 0.6) is 0 Å². The normalized spacial score (nSPS) is 30.8. The Kier molecular flexibility index (Phi) is 6.80. The second-order valence-electron chi connectivity index (χ2n) is 10.4. The van der Waals surface area contributed by atoms with E-state index in [0.717, 1.165) is 44.9 Å². The molecule has 2 N–H and O–H groups in total. The van der Waals surface area contributed by atoms with E-state index < -0.39 is 0 Å². The first-order valence-corrected chi connectivity index (χ1v) is 12.0. The molecule has 0 aromatic carbocycles. The number of rotatable bonds is 5. The van der Waals surface area contributed by atoms with Gasteiger partial charge in [-0.2, -0.15) is 0 Å². The van der Waals surface area contributed by atoms with Gasteiger partial charge in [0, 0.05) is 37.5 Å². The Morgan fingerprint density at radius 2 is 1.59 bits per heavy atom. The minimum Gasteiger partial charge on any atom is -0.369 e. The van der Waals surface area contributed by atoms with Gasteiger partial charge in [0.05, 0.1) is 6.54 Å². The highest BCUT2D eigenvalue weighted by molar-refractivity contribution is 5.79. The van der Waals surface area contributed by atoms with Crippen LogP contribution in [0.2, 0.25) is 0 Å². The third-order valence-electron chi connectivity index (χ3n) is 8.05. The van der Waals surface area contributed by atoms with E-state index >= 15 is 0 Å². The summed E-state index contributed by atoms with van der Waals surface area (Å²) >= 11 is 0. The Hall–Kier alpha value is -1.14. The van der Waals surface area contributed by atoms with Gasteiger partial charge in [0.1, 0.15) is 0 Å². The number of piperidine rings is 2. The fourth-order valence-electron chi connectivity index (χ4n) is 6.47. The Morgan fingerprint density at radius 1 is 0.828 bits per heavy atom. The van der Waals surface area contributed by atoms with Crippen LogP contribution in [0.15, 0.2) is 0 Å². The van der Waals surface area contributed by atoms with Crippen molar-refractivity contribution in [2.45, 2.75) is 64.2 Å². The van der Waals surface area contributed by atoms with Crippen molar-refractivity contribution in [3.05, 3.63) is 0 Å². The topological polar surface area (TPSA) is 69.9 Å². The van der Waals surface area contributed by atoms with E-state index in [9.17, 15) is 9.59 Å². The Balaban J connectivity index is 1.26. The van der Waals surface area contributed by atoms with Crippen molar-refractivity contribution in [1.29, 1.82) is 0 Å². The van der Waals surface area contributed by atoms with Crippen molar-refractivity contribution in [3.8, 4) is 0 Å². The molecular formula is C23H40N4O2. The lowest BCUT2D eigenvalue weighted by Gasteiger charge is -2.42. The molecule has 2 amide bonds. The third kappa shape index (κ3) is 5.32. The van der Waals surface area contributed by atoms with Gasteiger partial charge in [-0.3, -0.25) is 14.5 Å². The molecule has 3 saturated heterocycles. The van der Waals surface area contributed by atoms with Crippen molar-refractivity contribution in [2.24, 2.45) is 23.0 Å². The zero-order valence-electron chi connectivity index (χ0n) is 18.1. The molecule has 164 valence electrons. The van der Waals surface area contributed by atoms with E-state index in [0.29, 0.717) is 17.9 Å². The van der Waals surface area contributed by atoms with Crippen LogP contribution in [0.4, 0.5) is 0 Å². The summed E-state index contributed by atoms with van der Waals surface area (Å²) in [4.78, 5) is 31.3. The number of likely N-dealkylation sites (tertiary alicyclic amines) is 3. The molecule has 0 aromatic heterocycles. The molecule has 4 fully saturated rings. The SMILES string of the molecule is NC(=O)CN1CCC(C(=O)N2CC[C@@]3(CCCN(CC4CCCCC4)C3)C2)CC1. The van der Waals surface area contributed by atoms with Crippen LogP contribution < -0.4 is 5.73 Å². The Labute approximate surface area is 176 Å². The predicted octanol–water partition coefficient (Wildman–Crippen LogP) is 2.08. The molecule has 1 aliphatic carbocycles. The summed E-state index contributed by atoms with van der Waals surface area (Å²) in [5, 5.41) is 0. The molecule has 3 heterocycles. The minimum atomic E-state index is -0.272. The number of hydrogen-bond acceptors (Lipinski definition) is 4. The molecule has 0 radical (unpaired) electrons. The van der Waals surface area contributed by atoms with E-state index in [1.807, 2.05) is 0 Å². The van der Waals surface area contributed by atoms with Gasteiger partial charge in [-0.05, 0) is 70.5 Å². The van der Waals surface area contributed by atoms with Crippen molar-refractivity contribution < 1.29 is 9.59 Å². The van der Waals surface area contributed by atoms with Gasteiger partial charge in [-0.1, -0.05) is 19.3 Å². The molecule has 1 atom stereocenters. The predicted molar refractivity (Wildman–Crippen MR) is 114 cm³/mol. The van der Waals surface area contributed by atoms with Gasteiger partial charge in [0.25, 0.3) is 0 Å². The fraction of sp³-hybridized carbons (Fsp3) is 0.913. The first-order chi connectivity index (χ1) is 14.0. The fourth-order valence-corrected chi connectivity index (χ4v) is 6.47. The van der Waals surface area contributed by atoms with E-state index in [1.54, 1.807) is 0 Å². The minimum absolute atomic E-state index is 0.135. The monoisotopic (exact) mass is 404 g/mol. The van der Waals surface area contributed by atoms with Gasteiger partial charge in [-0.15, -0.1) is 0 Å². The summed E-state index contributed by atoms with van der Waals surface area (Å²) in [5.74, 6) is 1.14. The summed E-state index contributed by atoms with van der Waals surface area (Å²) in [6.07, 6.45) is 12.6. The number of primary amides is 1. The van der Waals surface area contributed by atoms with Crippen molar-refractivity contribution in [3.63, 3.8) is 0 Å². The standard InChI is InChI=1S/C23H40N4O2/c24-21(28)16-25-12-7-20(8-13-25)22(29)27-14-10-23(18-27)9-4-11-26(17-23)15-19-5-2-1-3-6-19/h19-20H,1-18H2,(H2,24,28)/t23-/m1/s1. The number of carbonyl (C=O) groups is 2. The average Bonchev–Trinajstić information content (AvgIpc) is 3.11. The maximum Gasteiger partial charge on any atom is 0.231 e. The smallest absolute Gasteiger partial charge is 0.231 e. The second-order valence-corrected chi connectivity index (χ2v) is 10.4. The van der Waals surface area contributed by atoms with Crippen molar-refractivity contribution in [1.82, 2.24) is 14.7 Å². The summed E-state index contributed by atoms with van der Waals surface area (Å²) in [6.45, 7) is 7.60. The number of carbonyl (C=O) groups excluding carboxylic acids is 2. The number of nitrogens with zero attached hydrogens (tertiary/aromatic N) is 3. The van der Waals surface area contributed by atoms with Crippen LogP contribution in [0.1, 0.15) is 64.2 Å². The molecule has 4 aliphatic rings. The van der Waals surface area contributed by atoms with Crippen LogP contribution in [0.25, 0.3) is 0 Å². The maximum atomic E-state index is 13.2. The molecule has 6 nitrogen and oxygen atoms in total. The molecule has 6 heteroatoms. The average molecular weight is 405 g/mol. The first kappa shape index (κ1) is 21.1. The van der Waals surface area contributed by atoms with Gasteiger partial charge < -0.3 is 15.5 Å². The van der Waals surface area contributed by atoms with Gasteiger partial charge in [0.2, 0.25) is 11.8 Å². The summed E-state index contributed by atoms with van der Waals surface area (Å²) in [7, 11) is 0. The lowest BCUT2D eigenvalue weighted by Crippen LogP contribution is -2.48. The van der Waals surface area contributed by atoms with E-state index in [2.05, 4.69) is 14.7 Å². The van der Waals surface area contributed by atoms with Gasteiger partial charge >= 0.3 is 0 Å². The molecule has 0 aromatic rings. The van der Waals surface area contributed by atoms with Gasteiger partial charge in [-0.25, -0.2) is 0 Å². The van der Waals surface area contributed by atoms with Crippen LogP contribution in [0, 0.1) is 17.3 Å². The highest BCUT2D eigenvalue weighted by Crippen LogP contribution is 2.40. The largest absolute Gasteiger partial charge is 0.369 e. The molecule has 1 spiro atoms. The molecule has 4 rings (SSSR count). The summed E-state index contributed by atoms with van der Waals surface area (Å²) in [5.41, 5.74) is 5.65. The van der Waals surface area contributed by atoms with Gasteiger partial charge in [0.15, 0.2) is 0 Å².